The smallest absolute Gasteiger partial charge is 0.275 e. The van der Waals surface area contributed by atoms with E-state index in [1.165, 1.54) is 4.68 Å². The lowest BCUT2D eigenvalue weighted by Gasteiger charge is -2.03. The van der Waals surface area contributed by atoms with Crippen molar-refractivity contribution in [2.24, 2.45) is 0 Å². The number of nitrogens with one attached hydrogen (secondary N) is 1. The van der Waals surface area contributed by atoms with Crippen molar-refractivity contribution in [3.63, 3.8) is 0 Å². The van der Waals surface area contributed by atoms with E-state index in [9.17, 15) is 9.59 Å². The fourth-order valence-electron chi connectivity index (χ4n) is 1.66. The highest BCUT2D eigenvalue weighted by atomic mass is 16.1. The molecule has 1 aromatic carbocycles. The van der Waals surface area contributed by atoms with Crippen molar-refractivity contribution in [1.82, 2.24) is 9.78 Å². The summed E-state index contributed by atoms with van der Waals surface area (Å²) in [4.78, 5) is 22.7. The molecule has 4 nitrogen and oxygen atoms in total. The molecule has 15 heavy (non-hydrogen) atoms. The minimum atomic E-state index is -0.136. The number of rotatable bonds is 2. The first-order valence-electron chi connectivity index (χ1n) is 4.83. The molecule has 0 aliphatic heterocycles. The molecule has 0 radical (unpaired) electrons. The van der Waals surface area contributed by atoms with Crippen LogP contribution in [0.1, 0.15) is 30.2 Å². The van der Waals surface area contributed by atoms with Crippen molar-refractivity contribution < 1.29 is 4.79 Å². The molecule has 0 saturated heterocycles. The fourth-order valence-corrected chi connectivity index (χ4v) is 1.66. The SMILES string of the molecule is CC(C)n1[nH]c2cccc(C=O)c2c1=O. The van der Waals surface area contributed by atoms with E-state index in [2.05, 4.69) is 5.10 Å². The molecule has 0 bridgehead atoms. The molecule has 0 spiro atoms. The fraction of sp³-hybridized carbons (Fsp3) is 0.273. The normalized spacial score (nSPS) is 11.1. The van der Waals surface area contributed by atoms with Gasteiger partial charge in [-0.15, -0.1) is 0 Å². The van der Waals surface area contributed by atoms with Crippen LogP contribution in [0.15, 0.2) is 23.0 Å². The summed E-state index contributed by atoms with van der Waals surface area (Å²) < 4.78 is 1.53. The summed E-state index contributed by atoms with van der Waals surface area (Å²) in [6, 6.07) is 5.26. The third-order valence-corrected chi connectivity index (χ3v) is 2.41. The number of aromatic nitrogens is 2. The molecule has 0 atom stereocenters. The average molecular weight is 204 g/mol. The van der Waals surface area contributed by atoms with Crippen molar-refractivity contribution >= 4 is 17.2 Å². The van der Waals surface area contributed by atoms with E-state index >= 15 is 0 Å². The zero-order valence-corrected chi connectivity index (χ0v) is 8.65. The maximum atomic E-state index is 11.9. The first-order valence-corrected chi connectivity index (χ1v) is 4.83. The van der Waals surface area contributed by atoms with Crippen LogP contribution in [0, 0.1) is 0 Å². The van der Waals surface area contributed by atoms with Crippen molar-refractivity contribution in [3.05, 3.63) is 34.1 Å². The van der Waals surface area contributed by atoms with Crippen molar-refractivity contribution in [3.8, 4) is 0 Å². The van der Waals surface area contributed by atoms with Crippen LogP contribution in [0.2, 0.25) is 0 Å². The Balaban J connectivity index is 2.89. The van der Waals surface area contributed by atoms with E-state index < -0.39 is 0 Å². The first-order chi connectivity index (χ1) is 7.15. The highest BCUT2D eigenvalue weighted by Crippen LogP contribution is 2.13. The van der Waals surface area contributed by atoms with Gasteiger partial charge in [0, 0.05) is 11.6 Å². The number of aldehydes is 1. The molecule has 0 amide bonds. The van der Waals surface area contributed by atoms with Crippen molar-refractivity contribution in [2.75, 3.05) is 0 Å². The molecular weight excluding hydrogens is 192 g/mol. The summed E-state index contributed by atoms with van der Waals surface area (Å²) >= 11 is 0. The Kier molecular flexibility index (Phi) is 2.19. The molecule has 78 valence electrons. The Labute approximate surface area is 86.5 Å². The largest absolute Gasteiger partial charge is 0.298 e. The van der Waals surface area contributed by atoms with Gasteiger partial charge in [-0.2, -0.15) is 0 Å². The number of aromatic amines is 1. The van der Waals surface area contributed by atoms with Crippen LogP contribution < -0.4 is 5.56 Å². The van der Waals surface area contributed by atoms with Gasteiger partial charge in [0.05, 0.1) is 10.9 Å². The van der Waals surface area contributed by atoms with Gasteiger partial charge in [-0.3, -0.25) is 14.7 Å². The molecule has 1 aromatic heterocycles. The van der Waals surface area contributed by atoms with Crippen LogP contribution in [0.5, 0.6) is 0 Å². The van der Waals surface area contributed by atoms with E-state index in [4.69, 9.17) is 0 Å². The Hall–Kier alpha value is -1.84. The van der Waals surface area contributed by atoms with Gasteiger partial charge in [0.25, 0.3) is 5.56 Å². The lowest BCUT2D eigenvalue weighted by Crippen LogP contribution is -2.18. The second-order valence-electron chi connectivity index (χ2n) is 3.77. The highest BCUT2D eigenvalue weighted by Gasteiger charge is 2.11. The van der Waals surface area contributed by atoms with E-state index in [0.717, 1.165) is 0 Å². The number of hydrogen-bond donors (Lipinski definition) is 1. The number of fused-ring (bicyclic) bond motifs is 1. The van der Waals surface area contributed by atoms with Crippen LogP contribution in [-0.4, -0.2) is 16.1 Å². The van der Waals surface area contributed by atoms with Crippen molar-refractivity contribution in [2.45, 2.75) is 19.9 Å². The number of benzene rings is 1. The molecule has 0 aliphatic rings. The first kappa shape index (κ1) is 9.71. The molecule has 0 fully saturated rings. The molecule has 0 saturated carbocycles. The zero-order chi connectivity index (χ0) is 11.0. The molecule has 2 rings (SSSR count). The number of carbonyl (C=O) groups excluding carboxylic acids is 1. The number of carbonyl (C=O) groups is 1. The van der Waals surface area contributed by atoms with E-state index in [1.807, 2.05) is 13.8 Å². The Morgan fingerprint density at radius 2 is 2.13 bits per heavy atom. The lowest BCUT2D eigenvalue weighted by molar-refractivity contribution is 0.112. The Morgan fingerprint density at radius 1 is 1.40 bits per heavy atom. The van der Waals surface area contributed by atoms with Crippen LogP contribution in [0.25, 0.3) is 10.9 Å². The summed E-state index contributed by atoms with van der Waals surface area (Å²) in [6.07, 6.45) is 0.711. The van der Waals surface area contributed by atoms with E-state index in [-0.39, 0.29) is 11.6 Å². The van der Waals surface area contributed by atoms with Crippen LogP contribution in [0.3, 0.4) is 0 Å². The maximum Gasteiger partial charge on any atom is 0.275 e. The van der Waals surface area contributed by atoms with Crippen molar-refractivity contribution in [1.29, 1.82) is 0 Å². The number of nitrogens with zero attached hydrogens (tertiary/aromatic N) is 1. The predicted molar refractivity (Wildman–Crippen MR) is 58.3 cm³/mol. The van der Waals surface area contributed by atoms with Crippen LogP contribution in [-0.2, 0) is 0 Å². The van der Waals surface area contributed by atoms with Gasteiger partial charge in [-0.25, -0.2) is 4.68 Å². The Bertz CT molecular complexity index is 563. The molecule has 1 N–H and O–H groups in total. The Morgan fingerprint density at radius 3 is 2.73 bits per heavy atom. The monoisotopic (exact) mass is 204 g/mol. The van der Waals surface area contributed by atoms with E-state index in [1.54, 1.807) is 18.2 Å². The van der Waals surface area contributed by atoms with Gasteiger partial charge < -0.3 is 0 Å². The maximum absolute atomic E-state index is 11.9. The minimum absolute atomic E-state index is 0.0596. The quantitative estimate of drug-likeness (QED) is 0.757. The standard InChI is InChI=1S/C11H12N2O2/c1-7(2)13-11(15)10-8(6-14)4-3-5-9(10)12-13/h3-7,12H,1-2H3. The van der Waals surface area contributed by atoms with Crippen LogP contribution >= 0.6 is 0 Å². The average Bonchev–Trinajstić information content (AvgIpc) is 2.56. The zero-order valence-electron chi connectivity index (χ0n) is 8.65. The minimum Gasteiger partial charge on any atom is -0.298 e. The second kappa shape index (κ2) is 3.38. The predicted octanol–water partition coefficient (Wildman–Crippen LogP) is 1.72. The summed E-state index contributed by atoms with van der Waals surface area (Å²) in [5, 5.41) is 3.46. The van der Waals surface area contributed by atoms with Gasteiger partial charge in [-0.1, -0.05) is 12.1 Å². The van der Waals surface area contributed by atoms with Gasteiger partial charge in [-0.05, 0) is 19.9 Å². The van der Waals surface area contributed by atoms with Gasteiger partial charge in [0.2, 0.25) is 0 Å². The summed E-state index contributed by atoms with van der Waals surface area (Å²) in [5.41, 5.74) is 1.01. The second-order valence-corrected chi connectivity index (χ2v) is 3.77. The number of H-pyrrole nitrogens is 1. The molecule has 2 aromatic rings. The van der Waals surface area contributed by atoms with Gasteiger partial charge in [0.15, 0.2) is 6.29 Å². The summed E-state index contributed by atoms with van der Waals surface area (Å²) in [7, 11) is 0. The number of hydrogen-bond acceptors (Lipinski definition) is 2. The van der Waals surface area contributed by atoms with Gasteiger partial charge in [0.1, 0.15) is 0 Å². The van der Waals surface area contributed by atoms with Crippen LogP contribution in [0.4, 0.5) is 0 Å². The molecular formula is C11H12N2O2. The molecule has 1 heterocycles. The topological polar surface area (TPSA) is 54.9 Å². The molecule has 0 unspecified atom stereocenters. The lowest BCUT2D eigenvalue weighted by atomic mass is 10.1. The summed E-state index contributed by atoms with van der Waals surface area (Å²) in [6.45, 7) is 3.83. The highest BCUT2D eigenvalue weighted by molar-refractivity contribution is 5.95. The van der Waals surface area contributed by atoms with Gasteiger partial charge >= 0.3 is 0 Å². The third-order valence-electron chi connectivity index (χ3n) is 2.41. The molecule has 4 heteroatoms. The van der Waals surface area contributed by atoms with E-state index in [0.29, 0.717) is 22.8 Å². The molecule has 0 aliphatic carbocycles. The third kappa shape index (κ3) is 1.38. The summed E-state index contributed by atoms with van der Waals surface area (Å²) in [5.74, 6) is 0.